The van der Waals surface area contributed by atoms with Gasteiger partial charge in [0.25, 0.3) is 5.19 Å². The van der Waals surface area contributed by atoms with Gasteiger partial charge in [0.15, 0.2) is 5.82 Å². The zero-order valence-corrected chi connectivity index (χ0v) is 20.5. The van der Waals surface area contributed by atoms with Crippen molar-refractivity contribution in [3.63, 3.8) is 0 Å². The number of rotatable bonds is 7. The molecule has 14 heteroatoms. The predicted molar refractivity (Wildman–Crippen MR) is 124 cm³/mol. The van der Waals surface area contributed by atoms with Gasteiger partial charge in [-0.1, -0.05) is 19.0 Å². The molecule has 5 rings (SSSR count). The highest BCUT2D eigenvalue weighted by Gasteiger charge is 2.28. The summed E-state index contributed by atoms with van der Waals surface area (Å²) in [6.45, 7) is 7.85. The van der Waals surface area contributed by atoms with Crippen LogP contribution in [0.4, 0.5) is 6.01 Å². The average molecular weight is 505 g/mol. The predicted octanol–water partition coefficient (Wildman–Crippen LogP) is 3.02. The summed E-state index contributed by atoms with van der Waals surface area (Å²) in [5.74, 6) is 1.37. The summed E-state index contributed by atoms with van der Waals surface area (Å²) in [5, 5.41) is 8.97. The molecule has 180 valence electrons. The fraction of sp³-hybridized carbons (Fsp3) is 0.500. The van der Waals surface area contributed by atoms with E-state index in [2.05, 4.69) is 42.0 Å². The number of ether oxygens (including phenoxy) is 1. The van der Waals surface area contributed by atoms with Crippen LogP contribution in [0.15, 0.2) is 28.3 Å². The summed E-state index contributed by atoms with van der Waals surface area (Å²) in [7, 11) is 0. The highest BCUT2D eigenvalue weighted by molar-refractivity contribution is 7.79. The van der Waals surface area contributed by atoms with Crippen molar-refractivity contribution in [3.05, 3.63) is 24.4 Å². The largest absolute Gasteiger partial charge is 0.466 e. The van der Waals surface area contributed by atoms with Crippen LogP contribution in [0.25, 0.3) is 16.2 Å². The van der Waals surface area contributed by atoms with Crippen LogP contribution in [0, 0.1) is 5.92 Å². The van der Waals surface area contributed by atoms with Crippen molar-refractivity contribution < 1.29 is 18.0 Å². The lowest BCUT2D eigenvalue weighted by Crippen LogP contribution is -2.38. The van der Waals surface area contributed by atoms with Crippen LogP contribution >= 0.6 is 11.3 Å². The van der Waals surface area contributed by atoms with E-state index in [4.69, 9.17) is 13.8 Å². The maximum atomic E-state index is 11.0. The summed E-state index contributed by atoms with van der Waals surface area (Å²) in [4.78, 5) is 19.6. The number of nitrogens with zero attached hydrogens (tertiary/aromatic N) is 8. The zero-order valence-electron chi connectivity index (χ0n) is 18.9. The third kappa shape index (κ3) is 4.65. The van der Waals surface area contributed by atoms with E-state index in [9.17, 15) is 4.21 Å². The standard InChI is InChI=1S/C20H24N8O4S2/c1-11(2)16-24-18(32-26-16)27-6-4-13(5-7-27)12(3)31-20-25-28-10-15(23-19(28)33-20)14-8-21-17(22-9-14)34(29)30/h8-13H,4-7H2,1-3H3,(H,29,30). The zero-order chi connectivity index (χ0) is 23.8. The topological polar surface area (TPSA) is 145 Å². The van der Waals surface area contributed by atoms with Crippen molar-refractivity contribution in [2.24, 2.45) is 5.92 Å². The first kappa shape index (κ1) is 22.8. The molecule has 0 radical (unpaired) electrons. The number of piperidine rings is 1. The van der Waals surface area contributed by atoms with Crippen LogP contribution in [0.3, 0.4) is 0 Å². The highest BCUT2D eigenvalue weighted by Crippen LogP contribution is 2.30. The smallest absolute Gasteiger partial charge is 0.324 e. The van der Waals surface area contributed by atoms with Gasteiger partial charge < -0.3 is 14.2 Å². The Bertz CT molecular complexity index is 1260. The van der Waals surface area contributed by atoms with Crippen molar-refractivity contribution in [2.75, 3.05) is 18.0 Å². The van der Waals surface area contributed by atoms with Crippen molar-refractivity contribution in [1.82, 2.24) is 34.7 Å². The second-order valence-electron chi connectivity index (χ2n) is 8.46. The van der Waals surface area contributed by atoms with E-state index in [-0.39, 0.29) is 17.2 Å². The summed E-state index contributed by atoms with van der Waals surface area (Å²) in [6.07, 6.45) is 6.61. The van der Waals surface area contributed by atoms with Crippen LogP contribution < -0.4 is 9.64 Å². The molecule has 1 saturated heterocycles. The molecule has 1 fully saturated rings. The molecule has 5 heterocycles. The second-order valence-corrected chi connectivity index (χ2v) is 10.2. The molecule has 0 aromatic carbocycles. The number of imidazole rings is 1. The molecule has 0 saturated carbocycles. The Morgan fingerprint density at radius 3 is 2.56 bits per heavy atom. The molecule has 0 amide bonds. The fourth-order valence-corrected chi connectivity index (χ4v) is 4.91. The number of hydrogen-bond donors (Lipinski definition) is 1. The third-order valence-corrected chi connectivity index (χ3v) is 7.15. The van der Waals surface area contributed by atoms with E-state index in [0.29, 0.717) is 33.3 Å². The Labute approximate surface area is 201 Å². The fourth-order valence-electron chi connectivity index (χ4n) is 3.81. The maximum absolute atomic E-state index is 11.0. The normalized spacial score (nSPS) is 16.9. The SMILES string of the molecule is CC(C)c1noc(N2CCC(C(C)Oc3nn4cc(-c5cnc(S(=O)O)nc5)nc4s3)CC2)n1. The Morgan fingerprint density at radius 2 is 1.94 bits per heavy atom. The first-order valence-corrected chi connectivity index (χ1v) is 12.8. The van der Waals surface area contributed by atoms with Gasteiger partial charge in [0.05, 0.1) is 11.9 Å². The van der Waals surface area contributed by atoms with Crippen LogP contribution in [0.2, 0.25) is 0 Å². The quantitative estimate of drug-likeness (QED) is 0.293. The summed E-state index contributed by atoms with van der Waals surface area (Å²) in [6, 6.07) is 0.595. The van der Waals surface area contributed by atoms with Gasteiger partial charge in [0.1, 0.15) is 6.10 Å². The number of anilines is 1. The van der Waals surface area contributed by atoms with Gasteiger partial charge in [-0.25, -0.2) is 23.7 Å². The number of hydrogen-bond acceptors (Lipinski definition) is 11. The van der Waals surface area contributed by atoms with E-state index in [1.807, 2.05) is 13.8 Å². The first-order chi connectivity index (χ1) is 16.4. The molecule has 0 spiro atoms. The third-order valence-electron chi connectivity index (χ3n) is 5.81. The Hall–Kier alpha value is -2.97. The Kier molecular flexibility index (Phi) is 6.27. The summed E-state index contributed by atoms with van der Waals surface area (Å²) < 4.78 is 33.3. The number of fused-ring (bicyclic) bond motifs is 1. The Morgan fingerprint density at radius 1 is 1.21 bits per heavy atom. The monoisotopic (exact) mass is 504 g/mol. The lowest BCUT2D eigenvalue weighted by atomic mass is 9.92. The van der Waals surface area contributed by atoms with Crippen LogP contribution in [-0.4, -0.2) is 62.7 Å². The molecular weight excluding hydrogens is 480 g/mol. The van der Waals surface area contributed by atoms with Crippen molar-refractivity contribution in [2.45, 2.75) is 50.8 Å². The van der Waals surface area contributed by atoms with Gasteiger partial charge in [-0.2, -0.15) is 4.98 Å². The first-order valence-electron chi connectivity index (χ1n) is 10.9. The maximum Gasteiger partial charge on any atom is 0.324 e. The molecule has 4 aromatic heterocycles. The molecule has 4 aromatic rings. The molecule has 34 heavy (non-hydrogen) atoms. The van der Waals surface area contributed by atoms with E-state index in [1.165, 1.54) is 23.7 Å². The minimum atomic E-state index is -2.21. The lowest BCUT2D eigenvalue weighted by Gasteiger charge is -2.33. The Balaban J connectivity index is 1.19. The molecule has 1 aliphatic rings. The van der Waals surface area contributed by atoms with Gasteiger partial charge in [-0.15, -0.1) is 5.10 Å². The minimum Gasteiger partial charge on any atom is -0.466 e. The van der Waals surface area contributed by atoms with Gasteiger partial charge in [0.2, 0.25) is 21.2 Å². The van der Waals surface area contributed by atoms with Gasteiger partial charge in [-0.3, -0.25) is 4.55 Å². The molecule has 2 unspecified atom stereocenters. The van der Waals surface area contributed by atoms with Crippen molar-refractivity contribution in [3.8, 4) is 16.5 Å². The molecule has 0 bridgehead atoms. The summed E-state index contributed by atoms with van der Waals surface area (Å²) >= 11 is -0.851. The van der Waals surface area contributed by atoms with Gasteiger partial charge in [-0.05, 0) is 37.0 Å². The highest BCUT2D eigenvalue weighted by atomic mass is 32.2. The van der Waals surface area contributed by atoms with E-state index >= 15 is 0 Å². The van der Waals surface area contributed by atoms with E-state index in [1.54, 1.807) is 10.7 Å². The van der Waals surface area contributed by atoms with Crippen molar-refractivity contribution >= 4 is 33.4 Å². The van der Waals surface area contributed by atoms with Crippen LogP contribution in [0.1, 0.15) is 45.4 Å². The van der Waals surface area contributed by atoms with E-state index < -0.39 is 11.1 Å². The van der Waals surface area contributed by atoms with Gasteiger partial charge in [0, 0.05) is 37.0 Å². The number of aromatic nitrogens is 7. The minimum absolute atomic E-state index is 0.00619. The molecule has 1 aliphatic heterocycles. The molecule has 0 aliphatic carbocycles. The molecule has 12 nitrogen and oxygen atoms in total. The lowest BCUT2D eigenvalue weighted by molar-refractivity contribution is 0.130. The summed E-state index contributed by atoms with van der Waals surface area (Å²) in [5.41, 5.74) is 1.26. The molecular formula is C20H24N8O4S2. The van der Waals surface area contributed by atoms with Crippen molar-refractivity contribution in [1.29, 1.82) is 0 Å². The second kappa shape index (κ2) is 9.35. The average Bonchev–Trinajstić information content (AvgIpc) is 3.54. The molecule has 1 N–H and O–H groups in total. The molecule has 2 atom stereocenters. The van der Waals surface area contributed by atoms with Gasteiger partial charge >= 0.3 is 6.01 Å². The van der Waals surface area contributed by atoms with E-state index in [0.717, 1.165) is 31.8 Å². The van der Waals surface area contributed by atoms with Crippen LogP contribution in [0.5, 0.6) is 5.19 Å². The van der Waals surface area contributed by atoms with Crippen LogP contribution in [-0.2, 0) is 11.1 Å².